The third-order valence-corrected chi connectivity index (χ3v) is 9.45. The van der Waals surface area contributed by atoms with Crippen molar-refractivity contribution in [3.05, 3.63) is 125 Å². The topological polar surface area (TPSA) is 96.0 Å². The van der Waals surface area contributed by atoms with Crippen molar-refractivity contribution >= 4 is 39.1 Å². The molecule has 8 nitrogen and oxygen atoms in total. The van der Waals surface area contributed by atoms with Crippen LogP contribution in [0, 0.1) is 6.92 Å². The van der Waals surface area contributed by atoms with Gasteiger partial charge in [0.15, 0.2) is 0 Å². The van der Waals surface area contributed by atoms with Crippen molar-refractivity contribution in [1.29, 1.82) is 0 Å². The van der Waals surface area contributed by atoms with E-state index in [1.165, 1.54) is 17.0 Å². The lowest BCUT2D eigenvalue weighted by Gasteiger charge is -2.34. The summed E-state index contributed by atoms with van der Waals surface area (Å²) in [6.45, 7) is 6.10. The van der Waals surface area contributed by atoms with Gasteiger partial charge in [-0.2, -0.15) is 0 Å². The maximum atomic E-state index is 14.5. The van der Waals surface area contributed by atoms with Crippen molar-refractivity contribution in [3.63, 3.8) is 0 Å². The Balaban J connectivity index is 1.79. The highest BCUT2D eigenvalue weighted by Gasteiger charge is 2.34. The van der Waals surface area contributed by atoms with Crippen molar-refractivity contribution in [2.75, 3.05) is 24.0 Å². The molecule has 0 radical (unpaired) electrons. The molecule has 242 valence electrons. The molecule has 1 atom stereocenters. The largest absolute Gasteiger partial charge is 0.494 e. The van der Waals surface area contributed by atoms with Crippen LogP contribution in [-0.2, 0) is 32.6 Å². The molecule has 0 aromatic heterocycles. The molecule has 0 heterocycles. The molecular weight excluding hydrogens is 622 g/mol. The number of ether oxygens (including phenoxy) is 1. The van der Waals surface area contributed by atoms with Gasteiger partial charge in [0.1, 0.15) is 18.3 Å². The summed E-state index contributed by atoms with van der Waals surface area (Å²) in [4.78, 5) is 29.7. The molecule has 1 unspecified atom stereocenters. The minimum atomic E-state index is -4.20. The number of carbonyl (C=O) groups is 2. The number of hydrogen-bond acceptors (Lipinski definition) is 5. The van der Waals surface area contributed by atoms with Crippen molar-refractivity contribution in [2.45, 2.75) is 51.1 Å². The molecule has 10 heteroatoms. The van der Waals surface area contributed by atoms with Gasteiger partial charge in [-0.3, -0.25) is 13.9 Å². The summed E-state index contributed by atoms with van der Waals surface area (Å²) in [6.07, 6.45) is 0.957. The Morgan fingerprint density at radius 2 is 1.50 bits per heavy atom. The van der Waals surface area contributed by atoms with Crippen LogP contribution in [0.4, 0.5) is 5.69 Å². The van der Waals surface area contributed by atoms with Crippen LogP contribution in [0.1, 0.15) is 37.0 Å². The standard InChI is InChI=1S/C36H40ClN3O5S/c1-4-23-38-36(42)34(24-28-9-7-6-8-10-28)39(25-29-13-15-30(37)16-14-29)35(41)26-40(31-17-19-32(20-18-31)45-5-2)46(43,44)33-21-11-27(3)12-22-33/h6-22,34H,4-5,23-26H2,1-3H3,(H,38,42). The number of nitrogens with one attached hydrogen (secondary N) is 1. The number of amides is 2. The Bertz CT molecular complexity index is 1680. The molecular formula is C36H40ClN3O5S. The maximum Gasteiger partial charge on any atom is 0.264 e. The van der Waals surface area contributed by atoms with E-state index in [1.54, 1.807) is 60.7 Å². The number of sulfonamides is 1. The van der Waals surface area contributed by atoms with Crippen LogP contribution in [0.5, 0.6) is 5.75 Å². The summed E-state index contributed by atoms with van der Waals surface area (Å²) < 4.78 is 35.0. The van der Waals surface area contributed by atoms with Gasteiger partial charge in [0, 0.05) is 24.5 Å². The number of aryl methyl sites for hydroxylation is 1. The Hall–Kier alpha value is -4.34. The third-order valence-electron chi connectivity index (χ3n) is 7.41. The smallest absolute Gasteiger partial charge is 0.264 e. The zero-order valence-electron chi connectivity index (χ0n) is 26.4. The lowest BCUT2D eigenvalue weighted by atomic mass is 10.0. The van der Waals surface area contributed by atoms with Crippen LogP contribution < -0.4 is 14.4 Å². The van der Waals surface area contributed by atoms with Crippen LogP contribution in [0.25, 0.3) is 0 Å². The van der Waals surface area contributed by atoms with Gasteiger partial charge in [-0.1, -0.05) is 78.7 Å². The molecule has 4 aromatic carbocycles. The van der Waals surface area contributed by atoms with E-state index >= 15 is 0 Å². The van der Waals surface area contributed by atoms with Gasteiger partial charge >= 0.3 is 0 Å². The summed E-state index contributed by atoms with van der Waals surface area (Å²) in [5.41, 5.74) is 2.80. The van der Waals surface area contributed by atoms with Gasteiger partial charge in [-0.15, -0.1) is 0 Å². The summed E-state index contributed by atoms with van der Waals surface area (Å²) in [5.74, 6) is -0.278. The average molecular weight is 662 g/mol. The first kappa shape index (κ1) is 34.5. The quantitative estimate of drug-likeness (QED) is 0.159. The minimum absolute atomic E-state index is 0.0468. The summed E-state index contributed by atoms with van der Waals surface area (Å²) in [6, 6.07) is 28.6. The van der Waals surface area contributed by atoms with Gasteiger partial charge in [0.2, 0.25) is 11.8 Å². The molecule has 2 amide bonds. The fourth-order valence-electron chi connectivity index (χ4n) is 4.95. The van der Waals surface area contributed by atoms with Gasteiger partial charge in [0.25, 0.3) is 10.0 Å². The third kappa shape index (κ3) is 9.11. The number of rotatable bonds is 15. The van der Waals surface area contributed by atoms with Crippen molar-refractivity contribution in [2.24, 2.45) is 0 Å². The number of nitrogens with zero attached hydrogens (tertiary/aromatic N) is 2. The molecule has 0 saturated carbocycles. The van der Waals surface area contributed by atoms with Crippen LogP contribution >= 0.6 is 11.6 Å². The first-order valence-electron chi connectivity index (χ1n) is 15.3. The summed E-state index contributed by atoms with van der Waals surface area (Å²) in [7, 11) is -4.20. The van der Waals surface area contributed by atoms with Crippen molar-refractivity contribution < 1.29 is 22.7 Å². The molecule has 0 aliphatic heterocycles. The van der Waals surface area contributed by atoms with E-state index in [9.17, 15) is 18.0 Å². The van der Waals surface area contributed by atoms with Crippen LogP contribution in [0.15, 0.2) is 108 Å². The fourth-order valence-corrected chi connectivity index (χ4v) is 6.49. The van der Waals surface area contributed by atoms with E-state index in [-0.39, 0.29) is 23.8 Å². The zero-order valence-corrected chi connectivity index (χ0v) is 27.9. The summed E-state index contributed by atoms with van der Waals surface area (Å²) >= 11 is 6.15. The molecule has 0 bridgehead atoms. The molecule has 0 saturated heterocycles. The van der Waals surface area contributed by atoms with E-state index in [1.807, 2.05) is 51.1 Å². The fraction of sp³-hybridized carbons (Fsp3) is 0.278. The average Bonchev–Trinajstić information content (AvgIpc) is 3.06. The highest BCUT2D eigenvalue weighted by atomic mass is 35.5. The minimum Gasteiger partial charge on any atom is -0.494 e. The first-order valence-corrected chi connectivity index (χ1v) is 17.1. The monoisotopic (exact) mass is 661 g/mol. The molecule has 0 aliphatic rings. The Labute approximate surface area is 277 Å². The highest BCUT2D eigenvalue weighted by molar-refractivity contribution is 7.92. The second-order valence-electron chi connectivity index (χ2n) is 10.9. The van der Waals surface area contributed by atoms with Crippen LogP contribution in [-0.4, -0.2) is 50.9 Å². The number of anilines is 1. The first-order chi connectivity index (χ1) is 22.1. The van der Waals surface area contributed by atoms with Gasteiger partial charge in [-0.25, -0.2) is 8.42 Å². The molecule has 4 rings (SSSR count). The SMILES string of the molecule is CCCNC(=O)C(Cc1ccccc1)N(Cc1ccc(Cl)cc1)C(=O)CN(c1ccc(OCC)cc1)S(=O)(=O)c1ccc(C)cc1. The zero-order chi connectivity index (χ0) is 33.1. The number of halogens is 1. The normalized spacial score (nSPS) is 11.8. The molecule has 0 spiro atoms. The van der Waals surface area contributed by atoms with E-state index < -0.39 is 28.5 Å². The van der Waals surface area contributed by atoms with Gasteiger partial charge in [-0.05, 0) is 79.9 Å². The van der Waals surface area contributed by atoms with E-state index in [4.69, 9.17) is 16.3 Å². The second kappa shape index (κ2) is 16.3. The molecule has 4 aromatic rings. The van der Waals surface area contributed by atoms with E-state index in [2.05, 4.69) is 5.32 Å². The Morgan fingerprint density at radius 3 is 2.11 bits per heavy atom. The van der Waals surface area contributed by atoms with E-state index in [0.29, 0.717) is 29.6 Å². The van der Waals surface area contributed by atoms with Crippen LogP contribution in [0.2, 0.25) is 5.02 Å². The molecule has 1 N–H and O–H groups in total. The summed E-state index contributed by atoms with van der Waals surface area (Å²) in [5, 5.41) is 3.48. The lowest BCUT2D eigenvalue weighted by molar-refractivity contribution is -0.140. The van der Waals surface area contributed by atoms with Crippen molar-refractivity contribution in [3.8, 4) is 5.75 Å². The van der Waals surface area contributed by atoms with Crippen molar-refractivity contribution in [1.82, 2.24) is 10.2 Å². The molecule has 0 aliphatic carbocycles. The maximum absolute atomic E-state index is 14.5. The van der Waals surface area contributed by atoms with Gasteiger partial charge in [0.05, 0.1) is 17.2 Å². The Kier molecular flexibility index (Phi) is 12.2. The van der Waals surface area contributed by atoms with Crippen LogP contribution in [0.3, 0.4) is 0 Å². The second-order valence-corrected chi connectivity index (χ2v) is 13.2. The number of benzene rings is 4. The van der Waals surface area contributed by atoms with E-state index in [0.717, 1.165) is 27.4 Å². The Morgan fingerprint density at radius 1 is 0.848 bits per heavy atom. The number of hydrogen-bond donors (Lipinski definition) is 1. The predicted molar refractivity (Wildman–Crippen MR) is 183 cm³/mol. The number of carbonyl (C=O) groups excluding carboxylic acids is 2. The highest BCUT2D eigenvalue weighted by Crippen LogP contribution is 2.27. The lowest BCUT2D eigenvalue weighted by Crippen LogP contribution is -2.53. The molecule has 46 heavy (non-hydrogen) atoms. The predicted octanol–water partition coefficient (Wildman–Crippen LogP) is 6.41. The molecule has 0 fully saturated rings. The van der Waals surface area contributed by atoms with Gasteiger partial charge < -0.3 is 15.0 Å².